The number of aromatic nitrogens is 2. The molecule has 1 unspecified atom stereocenters. The van der Waals surface area contributed by atoms with Crippen molar-refractivity contribution >= 4 is 11.8 Å². The molecule has 0 saturated heterocycles. The van der Waals surface area contributed by atoms with Crippen molar-refractivity contribution < 1.29 is 0 Å². The minimum atomic E-state index is -0.100. The summed E-state index contributed by atoms with van der Waals surface area (Å²) < 4.78 is 2.04. The van der Waals surface area contributed by atoms with Crippen molar-refractivity contribution in [3.8, 4) is 11.8 Å². The van der Waals surface area contributed by atoms with Gasteiger partial charge in [0.15, 0.2) is 5.16 Å². The summed E-state index contributed by atoms with van der Waals surface area (Å²) in [7, 11) is 0. The lowest BCUT2D eigenvalue weighted by Crippen LogP contribution is -2.01. The lowest BCUT2D eigenvalue weighted by molar-refractivity contribution is 0.885. The average Bonchev–Trinajstić information content (AvgIpc) is 2.77. The van der Waals surface area contributed by atoms with Crippen LogP contribution < -0.4 is 0 Å². The third kappa shape index (κ3) is 2.57. The van der Waals surface area contributed by atoms with E-state index in [1.165, 1.54) is 22.9 Å². The van der Waals surface area contributed by atoms with Gasteiger partial charge in [-0.3, -0.25) is 4.57 Å². The molecule has 4 heteroatoms. The number of benzene rings is 1. The van der Waals surface area contributed by atoms with E-state index in [4.69, 9.17) is 5.26 Å². The summed E-state index contributed by atoms with van der Waals surface area (Å²) in [4.78, 5) is 4.32. The first-order valence-electron chi connectivity index (χ1n) is 5.79. The molecule has 3 nitrogen and oxygen atoms in total. The molecule has 0 radical (unpaired) electrons. The number of nitriles is 1. The highest BCUT2D eigenvalue weighted by atomic mass is 32.2. The Balaban J connectivity index is 2.40. The topological polar surface area (TPSA) is 41.6 Å². The van der Waals surface area contributed by atoms with E-state index >= 15 is 0 Å². The summed E-state index contributed by atoms with van der Waals surface area (Å²) in [5.41, 5.74) is 3.57. The van der Waals surface area contributed by atoms with Crippen molar-refractivity contribution in [1.29, 1.82) is 5.26 Å². The van der Waals surface area contributed by atoms with Gasteiger partial charge in [-0.15, -0.1) is 0 Å². The third-order valence-corrected chi connectivity index (χ3v) is 3.65. The van der Waals surface area contributed by atoms with Gasteiger partial charge in [0.2, 0.25) is 0 Å². The zero-order chi connectivity index (χ0) is 13.1. The number of rotatable bonds is 3. The molecule has 0 saturated carbocycles. The summed E-state index contributed by atoms with van der Waals surface area (Å²) >= 11 is 1.48. The molecular formula is C14H15N3S. The van der Waals surface area contributed by atoms with Crippen molar-refractivity contribution in [3.05, 3.63) is 41.7 Å². The first-order valence-corrected chi connectivity index (χ1v) is 6.67. The zero-order valence-corrected chi connectivity index (χ0v) is 11.5. The number of nitrogens with zero attached hydrogens (tertiary/aromatic N) is 3. The van der Waals surface area contributed by atoms with E-state index in [0.717, 1.165) is 10.8 Å². The summed E-state index contributed by atoms with van der Waals surface area (Å²) in [5.74, 6) is 0. The minimum Gasteiger partial charge on any atom is -0.295 e. The highest BCUT2D eigenvalue weighted by Gasteiger charge is 2.11. The van der Waals surface area contributed by atoms with Crippen LogP contribution in [0.25, 0.3) is 5.69 Å². The van der Waals surface area contributed by atoms with Crippen molar-refractivity contribution in [2.45, 2.75) is 31.2 Å². The van der Waals surface area contributed by atoms with Crippen LogP contribution in [0.5, 0.6) is 0 Å². The molecular weight excluding hydrogens is 242 g/mol. The van der Waals surface area contributed by atoms with E-state index in [9.17, 15) is 0 Å². The van der Waals surface area contributed by atoms with Gasteiger partial charge in [-0.2, -0.15) is 5.26 Å². The third-order valence-electron chi connectivity index (χ3n) is 2.68. The molecule has 1 aromatic heterocycles. The predicted molar refractivity (Wildman–Crippen MR) is 74.0 cm³/mol. The van der Waals surface area contributed by atoms with Gasteiger partial charge < -0.3 is 0 Å². The van der Waals surface area contributed by atoms with E-state index in [-0.39, 0.29) is 5.25 Å². The lowest BCUT2D eigenvalue weighted by atomic mass is 10.1. The fraction of sp³-hybridized carbons (Fsp3) is 0.286. The van der Waals surface area contributed by atoms with Gasteiger partial charge in [-0.1, -0.05) is 29.5 Å². The fourth-order valence-electron chi connectivity index (χ4n) is 1.82. The molecule has 1 atom stereocenters. The predicted octanol–water partition coefficient (Wildman–Crippen LogP) is 3.49. The number of thioether (sulfide) groups is 1. The Hall–Kier alpha value is -1.73. The van der Waals surface area contributed by atoms with Crippen molar-refractivity contribution in [2.24, 2.45) is 0 Å². The average molecular weight is 257 g/mol. The van der Waals surface area contributed by atoms with Gasteiger partial charge in [-0.25, -0.2) is 4.98 Å². The molecule has 0 aliphatic heterocycles. The molecule has 0 bridgehead atoms. The summed E-state index contributed by atoms with van der Waals surface area (Å²) in [5, 5.41) is 9.64. The monoisotopic (exact) mass is 257 g/mol. The van der Waals surface area contributed by atoms with Crippen LogP contribution in [0, 0.1) is 25.2 Å². The summed E-state index contributed by atoms with van der Waals surface area (Å²) in [6, 6.07) is 8.54. The van der Waals surface area contributed by atoms with Gasteiger partial charge >= 0.3 is 0 Å². The minimum absolute atomic E-state index is 0.100. The normalized spacial score (nSPS) is 12.1. The van der Waals surface area contributed by atoms with Crippen LogP contribution in [0.1, 0.15) is 18.1 Å². The molecule has 0 aliphatic carbocycles. The Kier molecular flexibility index (Phi) is 3.73. The molecule has 2 rings (SSSR count). The first-order chi connectivity index (χ1) is 8.61. The molecule has 1 heterocycles. The summed E-state index contributed by atoms with van der Waals surface area (Å²) in [6.07, 6.45) is 3.70. The Morgan fingerprint density at radius 3 is 2.83 bits per heavy atom. The molecule has 92 valence electrons. The summed E-state index contributed by atoms with van der Waals surface area (Å²) in [6.45, 7) is 6.05. The molecule has 0 fully saturated rings. The number of hydrogen-bond donors (Lipinski definition) is 0. The Morgan fingerprint density at radius 1 is 1.39 bits per heavy atom. The Bertz CT molecular complexity index is 595. The number of aryl methyl sites for hydroxylation is 2. The maximum absolute atomic E-state index is 8.88. The van der Waals surface area contributed by atoms with Crippen LogP contribution in [-0.4, -0.2) is 14.8 Å². The second-order valence-corrected chi connectivity index (χ2v) is 5.57. The quantitative estimate of drug-likeness (QED) is 0.790. The standard InChI is InChI=1S/C14H15N3S/c1-10-4-5-13(11(2)8-10)17-7-6-16-14(17)18-12(3)9-15/h4-8,12H,1-3H3. The maximum Gasteiger partial charge on any atom is 0.173 e. The number of imidazole rings is 1. The molecule has 1 aromatic carbocycles. The van der Waals surface area contributed by atoms with Crippen molar-refractivity contribution in [1.82, 2.24) is 9.55 Å². The Morgan fingerprint density at radius 2 is 2.17 bits per heavy atom. The second kappa shape index (κ2) is 5.28. The largest absolute Gasteiger partial charge is 0.295 e. The van der Waals surface area contributed by atoms with Crippen LogP contribution in [-0.2, 0) is 0 Å². The lowest BCUT2D eigenvalue weighted by Gasteiger charge is -2.11. The van der Waals surface area contributed by atoms with Crippen LogP contribution in [0.15, 0.2) is 35.7 Å². The van der Waals surface area contributed by atoms with E-state index in [1.807, 2.05) is 17.7 Å². The smallest absolute Gasteiger partial charge is 0.173 e. The maximum atomic E-state index is 8.88. The Labute approximate surface area is 111 Å². The first kappa shape index (κ1) is 12.7. The van der Waals surface area contributed by atoms with Crippen LogP contribution in [0.4, 0.5) is 0 Å². The SMILES string of the molecule is Cc1ccc(-n2ccnc2SC(C)C#N)c(C)c1. The highest BCUT2D eigenvalue weighted by molar-refractivity contribution is 8.00. The number of hydrogen-bond acceptors (Lipinski definition) is 3. The zero-order valence-electron chi connectivity index (χ0n) is 10.7. The molecule has 2 aromatic rings. The van der Waals surface area contributed by atoms with Gasteiger partial charge in [0.25, 0.3) is 0 Å². The van der Waals surface area contributed by atoms with E-state index < -0.39 is 0 Å². The van der Waals surface area contributed by atoms with Crippen LogP contribution in [0.3, 0.4) is 0 Å². The molecule has 18 heavy (non-hydrogen) atoms. The second-order valence-electron chi connectivity index (χ2n) is 4.26. The van der Waals surface area contributed by atoms with Crippen molar-refractivity contribution in [3.63, 3.8) is 0 Å². The van der Waals surface area contributed by atoms with E-state index in [1.54, 1.807) is 6.20 Å². The van der Waals surface area contributed by atoms with Crippen molar-refractivity contribution in [2.75, 3.05) is 0 Å². The van der Waals surface area contributed by atoms with Gasteiger partial charge in [-0.05, 0) is 32.4 Å². The molecule has 0 amide bonds. The van der Waals surface area contributed by atoms with Crippen LogP contribution in [0.2, 0.25) is 0 Å². The van der Waals surface area contributed by atoms with Gasteiger partial charge in [0, 0.05) is 12.4 Å². The van der Waals surface area contributed by atoms with E-state index in [2.05, 4.69) is 43.1 Å². The molecule has 0 spiro atoms. The highest BCUT2D eigenvalue weighted by Crippen LogP contribution is 2.25. The molecule has 0 N–H and O–H groups in total. The van der Waals surface area contributed by atoms with Gasteiger partial charge in [0.1, 0.15) is 0 Å². The molecule has 0 aliphatic rings. The fourth-order valence-corrected chi connectivity index (χ4v) is 2.58. The van der Waals surface area contributed by atoms with E-state index in [0.29, 0.717) is 0 Å². The van der Waals surface area contributed by atoms with Crippen LogP contribution >= 0.6 is 11.8 Å². The van der Waals surface area contributed by atoms with Gasteiger partial charge in [0.05, 0.1) is 17.0 Å².